The van der Waals surface area contributed by atoms with Gasteiger partial charge in [0, 0.05) is 22.1 Å². The van der Waals surface area contributed by atoms with Crippen molar-refractivity contribution in [3.8, 4) is 6.07 Å². The maximum absolute atomic E-state index is 11.8. The highest BCUT2D eigenvalue weighted by molar-refractivity contribution is 8.03. The maximum Gasteiger partial charge on any atom is 0.227 e. The molecule has 0 saturated carbocycles. The number of carbonyl (C=O) groups excluding carboxylic acids is 2. The molecule has 0 fully saturated rings. The van der Waals surface area contributed by atoms with E-state index in [1.54, 1.807) is 11.3 Å². The first-order valence-electron chi connectivity index (χ1n) is 5.92. The Labute approximate surface area is 124 Å². The smallest absolute Gasteiger partial charge is 0.227 e. The third-order valence-electron chi connectivity index (χ3n) is 2.82. The molecule has 0 unspecified atom stereocenters. The van der Waals surface area contributed by atoms with Crippen LogP contribution < -0.4 is 11.1 Å². The number of rotatable bonds is 4. The lowest BCUT2D eigenvalue weighted by Gasteiger charge is -2.23. The molecule has 0 bridgehead atoms. The minimum absolute atomic E-state index is 0.0387. The van der Waals surface area contributed by atoms with Crippen molar-refractivity contribution in [1.29, 1.82) is 5.26 Å². The van der Waals surface area contributed by atoms with Crippen molar-refractivity contribution in [1.82, 2.24) is 5.32 Å². The Balaban J connectivity index is 2.35. The summed E-state index contributed by atoms with van der Waals surface area (Å²) in [4.78, 5) is 24.8. The molecule has 0 aliphatic carbocycles. The predicted octanol–water partition coefficient (Wildman–Crippen LogP) is 1.61. The van der Waals surface area contributed by atoms with Crippen LogP contribution in [0.2, 0.25) is 0 Å². The number of hydrogen-bond acceptors (Lipinski definition) is 5. The van der Waals surface area contributed by atoms with Crippen LogP contribution in [-0.4, -0.2) is 17.6 Å². The van der Waals surface area contributed by atoms with Crippen molar-refractivity contribution in [3.63, 3.8) is 0 Å². The molecule has 104 valence electrons. The number of nitrogens with zero attached hydrogens (tertiary/aromatic N) is 1. The highest BCUT2D eigenvalue weighted by Gasteiger charge is 2.30. The van der Waals surface area contributed by atoms with Gasteiger partial charge in [0.15, 0.2) is 0 Å². The van der Waals surface area contributed by atoms with Gasteiger partial charge in [-0.05, 0) is 19.1 Å². The van der Waals surface area contributed by atoms with E-state index in [2.05, 4.69) is 11.4 Å². The highest BCUT2D eigenvalue weighted by atomic mass is 32.2. The molecule has 2 rings (SSSR count). The highest BCUT2D eigenvalue weighted by Crippen LogP contribution is 2.38. The number of thiophene rings is 1. The summed E-state index contributed by atoms with van der Waals surface area (Å²) in [5.74, 6) is -0.824. The zero-order chi connectivity index (χ0) is 14.7. The van der Waals surface area contributed by atoms with E-state index in [4.69, 9.17) is 5.73 Å². The van der Waals surface area contributed by atoms with Gasteiger partial charge >= 0.3 is 0 Å². The Hall–Kier alpha value is -1.78. The molecule has 5 nitrogen and oxygen atoms in total. The number of nitrogens with one attached hydrogen (secondary N) is 1. The lowest BCUT2D eigenvalue weighted by molar-refractivity contribution is -0.121. The quantitative estimate of drug-likeness (QED) is 0.883. The topological polar surface area (TPSA) is 96.0 Å². The zero-order valence-corrected chi connectivity index (χ0v) is 12.4. The molecule has 1 aromatic rings. The summed E-state index contributed by atoms with van der Waals surface area (Å²) in [6.45, 7) is 1.98. The van der Waals surface area contributed by atoms with Crippen LogP contribution in [0.25, 0.3) is 0 Å². The van der Waals surface area contributed by atoms with Crippen molar-refractivity contribution in [3.05, 3.63) is 32.5 Å². The van der Waals surface area contributed by atoms with Gasteiger partial charge in [0.25, 0.3) is 0 Å². The maximum atomic E-state index is 11.8. The molecule has 2 amide bonds. The van der Waals surface area contributed by atoms with Gasteiger partial charge in [0.2, 0.25) is 11.8 Å². The summed E-state index contributed by atoms with van der Waals surface area (Å²) in [6.07, 6.45) is 0.253. The summed E-state index contributed by atoms with van der Waals surface area (Å²) in [5.41, 5.74) is 5.60. The van der Waals surface area contributed by atoms with Gasteiger partial charge in [-0.25, -0.2) is 0 Å². The van der Waals surface area contributed by atoms with Gasteiger partial charge in [-0.3, -0.25) is 9.59 Å². The van der Waals surface area contributed by atoms with E-state index in [0.717, 1.165) is 21.5 Å². The molecule has 3 N–H and O–H groups in total. The number of amides is 2. The van der Waals surface area contributed by atoms with Gasteiger partial charge < -0.3 is 11.1 Å². The third kappa shape index (κ3) is 3.21. The predicted molar refractivity (Wildman–Crippen MR) is 78.8 cm³/mol. The first kappa shape index (κ1) is 14.6. The fourth-order valence-electron chi connectivity index (χ4n) is 1.96. The summed E-state index contributed by atoms with van der Waals surface area (Å²) in [6, 6.07) is 6.07. The van der Waals surface area contributed by atoms with Crippen LogP contribution in [0.1, 0.15) is 22.1 Å². The Morgan fingerprint density at radius 3 is 2.95 bits per heavy atom. The molecule has 20 heavy (non-hydrogen) atoms. The Morgan fingerprint density at radius 1 is 1.65 bits per heavy atom. The van der Waals surface area contributed by atoms with Gasteiger partial charge in [0.1, 0.15) is 0 Å². The summed E-state index contributed by atoms with van der Waals surface area (Å²) < 4.78 is 0. The molecule has 1 aliphatic heterocycles. The Kier molecular flexibility index (Phi) is 4.47. The van der Waals surface area contributed by atoms with Gasteiger partial charge in [0.05, 0.1) is 22.4 Å². The average Bonchev–Trinajstić information content (AvgIpc) is 2.82. The number of primary amides is 1. The van der Waals surface area contributed by atoms with E-state index in [1.807, 2.05) is 19.1 Å². The molecule has 2 heterocycles. The molecular weight excluding hydrogens is 294 g/mol. The first-order valence-corrected chi connectivity index (χ1v) is 7.73. The third-order valence-corrected chi connectivity index (χ3v) is 4.97. The molecule has 0 aromatic carbocycles. The van der Waals surface area contributed by atoms with E-state index in [0.29, 0.717) is 10.6 Å². The summed E-state index contributed by atoms with van der Waals surface area (Å²) in [5, 5.41) is 12.5. The van der Waals surface area contributed by atoms with E-state index < -0.39 is 5.91 Å². The standard InChI is InChI=1S/C13H13N3O2S2/c1-7-2-3-10(20-7)8-4-12(18)16-13(9(8)5-14)19-6-11(15)17/h2-3,8H,4,6H2,1H3,(H2,15,17)(H,16,18)/t8-/m1/s1. The molecular formula is C13H13N3O2S2. The number of nitrogens with two attached hydrogens (primary N) is 1. The second kappa shape index (κ2) is 6.11. The van der Waals surface area contributed by atoms with Gasteiger partial charge in [-0.1, -0.05) is 11.8 Å². The average molecular weight is 307 g/mol. The van der Waals surface area contributed by atoms with Crippen LogP contribution in [-0.2, 0) is 9.59 Å². The van der Waals surface area contributed by atoms with Crippen LogP contribution in [0.4, 0.5) is 0 Å². The fraction of sp³-hybridized carbons (Fsp3) is 0.308. The lowest BCUT2D eigenvalue weighted by Crippen LogP contribution is -2.31. The molecule has 0 spiro atoms. The summed E-state index contributed by atoms with van der Waals surface area (Å²) >= 11 is 2.68. The number of nitriles is 1. The SMILES string of the molecule is Cc1ccc([C@@H]2CC(=O)NC(SCC(N)=O)=C2C#N)s1. The number of carbonyl (C=O) groups is 2. The van der Waals surface area contributed by atoms with Gasteiger partial charge in [-0.2, -0.15) is 5.26 Å². The van der Waals surface area contributed by atoms with E-state index in [9.17, 15) is 14.9 Å². The fourth-order valence-corrected chi connectivity index (χ4v) is 3.76. The number of allylic oxidation sites excluding steroid dienone is 1. The molecule has 1 aromatic heterocycles. The molecule has 0 saturated heterocycles. The Morgan fingerprint density at radius 2 is 2.40 bits per heavy atom. The molecule has 1 aliphatic rings. The lowest BCUT2D eigenvalue weighted by atomic mass is 9.92. The van der Waals surface area contributed by atoms with E-state index in [1.165, 1.54) is 0 Å². The minimum atomic E-state index is -0.483. The second-order valence-corrected chi connectivity index (χ2v) is 6.67. The van der Waals surface area contributed by atoms with Crippen LogP contribution in [0.15, 0.2) is 22.7 Å². The molecule has 1 atom stereocenters. The van der Waals surface area contributed by atoms with Crippen LogP contribution in [0.5, 0.6) is 0 Å². The number of aryl methyl sites for hydroxylation is 1. The first-order chi connectivity index (χ1) is 9.51. The van der Waals surface area contributed by atoms with Crippen molar-refractivity contribution < 1.29 is 9.59 Å². The van der Waals surface area contributed by atoms with E-state index in [-0.39, 0.29) is 24.0 Å². The van der Waals surface area contributed by atoms with Crippen molar-refractivity contribution in [2.75, 3.05) is 5.75 Å². The van der Waals surface area contributed by atoms with E-state index >= 15 is 0 Å². The molecule has 7 heteroatoms. The van der Waals surface area contributed by atoms with Crippen molar-refractivity contribution >= 4 is 34.9 Å². The van der Waals surface area contributed by atoms with Crippen molar-refractivity contribution in [2.24, 2.45) is 5.73 Å². The Bertz CT molecular complexity index is 628. The number of hydrogen-bond donors (Lipinski definition) is 2. The largest absolute Gasteiger partial charge is 0.369 e. The van der Waals surface area contributed by atoms with Gasteiger partial charge in [-0.15, -0.1) is 11.3 Å². The normalized spacial score (nSPS) is 18.6. The second-order valence-electron chi connectivity index (χ2n) is 4.36. The zero-order valence-electron chi connectivity index (χ0n) is 10.8. The monoisotopic (exact) mass is 307 g/mol. The minimum Gasteiger partial charge on any atom is -0.369 e. The van der Waals surface area contributed by atoms with Crippen molar-refractivity contribution in [2.45, 2.75) is 19.3 Å². The molecule has 0 radical (unpaired) electrons. The van der Waals surface area contributed by atoms with Crippen LogP contribution >= 0.6 is 23.1 Å². The van der Waals surface area contributed by atoms with Crippen LogP contribution in [0.3, 0.4) is 0 Å². The number of thioether (sulfide) groups is 1. The van der Waals surface area contributed by atoms with Crippen LogP contribution in [0, 0.1) is 18.3 Å². The summed E-state index contributed by atoms with van der Waals surface area (Å²) in [7, 11) is 0.